The molecule has 5 heteroatoms. The maximum Gasteiger partial charge on any atom is 0.245 e. The van der Waals surface area contributed by atoms with Gasteiger partial charge in [-0.05, 0) is 31.2 Å². The number of primary amides is 1. The number of anilines is 1. The number of benzene rings is 1. The van der Waals surface area contributed by atoms with Crippen LogP contribution >= 0.6 is 11.6 Å². The number of hydrogen-bond donors (Lipinski definition) is 3. The minimum absolute atomic E-state index is 0.370. The van der Waals surface area contributed by atoms with Crippen molar-refractivity contribution >= 4 is 23.2 Å². The number of rotatable bonds is 4. The third-order valence-electron chi connectivity index (χ3n) is 2.12. The highest BCUT2D eigenvalue weighted by atomic mass is 35.5. The number of aliphatic hydroxyl groups is 1. The van der Waals surface area contributed by atoms with Crippen LogP contribution in [0.3, 0.4) is 0 Å². The average Bonchev–Trinajstić information content (AvgIpc) is 2.21. The van der Waals surface area contributed by atoms with E-state index in [9.17, 15) is 4.79 Å². The van der Waals surface area contributed by atoms with Crippen LogP contribution in [0.5, 0.6) is 0 Å². The van der Waals surface area contributed by atoms with Gasteiger partial charge in [0, 0.05) is 10.7 Å². The number of halogens is 1. The van der Waals surface area contributed by atoms with Crippen molar-refractivity contribution < 1.29 is 9.90 Å². The Hall–Kier alpha value is -1.26. The molecule has 0 aliphatic carbocycles. The van der Waals surface area contributed by atoms with E-state index in [0.717, 1.165) is 0 Å². The molecule has 0 aromatic heterocycles. The lowest BCUT2D eigenvalue weighted by Gasteiger charge is -2.26. The molecular formula is C10H13ClN2O2. The van der Waals surface area contributed by atoms with Gasteiger partial charge in [-0.1, -0.05) is 11.6 Å². The number of nitrogens with one attached hydrogen (secondary N) is 1. The van der Waals surface area contributed by atoms with Gasteiger partial charge in [-0.15, -0.1) is 0 Å². The Kier molecular flexibility index (Phi) is 3.55. The summed E-state index contributed by atoms with van der Waals surface area (Å²) in [5, 5.41) is 12.5. The first-order valence-corrected chi connectivity index (χ1v) is 4.80. The van der Waals surface area contributed by atoms with Gasteiger partial charge in [-0.3, -0.25) is 4.79 Å². The summed E-state index contributed by atoms with van der Waals surface area (Å²) in [6.45, 7) is 1.16. The molecule has 0 heterocycles. The molecule has 1 rings (SSSR count). The Balaban J connectivity index is 2.84. The first-order chi connectivity index (χ1) is 6.98. The van der Waals surface area contributed by atoms with Crippen molar-refractivity contribution in [2.24, 2.45) is 5.73 Å². The highest BCUT2D eigenvalue weighted by Crippen LogP contribution is 2.17. The fraction of sp³-hybridized carbons (Fsp3) is 0.300. The lowest BCUT2D eigenvalue weighted by atomic mass is 10.0. The summed E-state index contributed by atoms with van der Waals surface area (Å²) >= 11 is 5.71. The lowest BCUT2D eigenvalue weighted by molar-refractivity contribution is -0.122. The fourth-order valence-corrected chi connectivity index (χ4v) is 1.16. The summed E-state index contributed by atoms with van der Waals surface area (Å²) in [6.07, 6.45) is 0. The molecule has 15 heavy (non-hydrogen) atoms. The van der Waals surface area contributed by atoms with E-state index in [0.29, 0.717) is 10.7 Å². The molecule has 0 radical (unpaired) electrons. The highest BCUT2D eigenvalue weighted by molar-refractivity contribution is 6.30. The van der Waals surface area contributed by atoms with Crippen LogP contribution in [0.25, 0.3) is 0 Å². The molecule has 1 unspecified atom stereocenters. The quantitative estimate of drug-likeness (QED) is 0.719. The third-order valence-corrected chi connectivity index (χ3v) is 2.38. The molecule has 0 fully saturated rings. The zero-order valence-corrected chi connectivity index (χ0v) is 9.08. The van der Waals surface area contributed by atoms with Gasteiger partial charge in [-0.2, -0.15) is 0 Å². The second kappa shape index (κ2) is 4.51. The van der Waals surface area contributed by atoms with Crippen molar-refractivity contribution in [3.8, 4) is 0 Å². The molecule has 0 aliphatic heterocycles. The predicted octanol–water partition coefficient (Wildman–Crippen LogP) is 0.988. The van der Waals surface area contributed by atoms with E-state index in [1.165, 1.54) is 6.92 Å². The Bertz CT molecular complexity index is 353. The lowest BCUT2D eigenvalue weighted by Crippen LogP contribution is -2.50. The first kappa shape index (κ1) is 11.8. The molecule has 82 valence electrons. The summed E-state index contributed by atoms with van der Waals surface area (Å²) in [4.78, 5) is 11.1. The Morgan fingerprint density at radius 2 is 2.07 bits per heavy atom. The molecule has 0 saturated carbocycles. The normalized spacial score (nSPS) is 14.3. The van der Waals surface area contributed by atoms with Crippen molar-refractivity contribution in [3.05, 3.63) is 29.3 Å². The van der Waals surface area contributed by atoms with Crippen molar-refractivity contribution in [3.63, 3.8) is 0 Å². The van der Waals surface area contributed by atoms with Gasteiger partial charge in [0.25, 0.3) is 0 Å². The van der Waals surface area contributed by atoms with Crippen molar-refractivity contribution in [2.75, 3.05) is 11.9 Å². The molecule has 1 amide bonds. The number of carbonyl (C=O) groups excluding carboxylic acids is 1. The van der Waals surface area contributed by atoms with Gasteiger partial charge in [0.05, 0.1) is 6.61 Å². The van der Waals surface area contributed by atoms with Crippen LogP contribution in [-0.2, 0) is 4.79 Å². The minimum atomic E-state index is -1.16. The van der Waals surface area contributed by atoms with Crippen LogP contribution in [0.4, 0.5) is 5.69 Å². The van der Waals surface area contributed by atoms with Gasteiger partial charge < -0.3 is 16.2 Å². The SMILES string of the molecule is CC(CO)(Nc1ccc(Cl)cc1)C(N)=O. The number of hydrogen-bond acceptors (Lipinski definition) is 3. The number of aliphatic hydroxyl groups excluding tert-OH is 1. The predicted molar refractivity (Wildman–Crippen MR) is 59.8 cm³/mol. The molecule has 0 saturated heterocycles. The average molecular weight is 229 g/mol. The Labute approximate surface area is 93.0 Å². The molecule has 0 spiro atoms. The molecule has 1 aromatic carbocycles. The maximum absolute atomic E-state index is 11.1. The Morgan fingerprint density at radius 1 is 1.53 bits per heavy atom. The van der Waals surface area contributed by atoms with Gasteiger partial charge in [0.15, 0.2) is 0 Å². The smallest absolute Gasteiger partial charge is 0.245 e. The van der Waals surface area contributed by atoms with E-state index in [-0.39, 0.29) is 6.61 Å². The van der Waals surface area contributed by atoms with Crippen molar-refractivity contribution in [1.82, 2.24) is 0 Å². The van der Waals surface area contributed by atoms with Gasteiger partial charge in [0.1, 0.15) is 5.54 Å². The van der Waals surface area contributed by atoms with E-state index < -0.39 is 11.4 Å². The summed E-state index contributed by atoms with van der Waals surface area (Å²) in [5.41, 5.74) is 4.69. The number of nitrogens with two attached hydrogens (primary N) is 1. The topological polar surface area (TPSA) is 75.3 Å². The largest absolute Gasteiger partial charge is 0.393 e. The zero-order chi connectivity index (χ0) is 11.5. The minimum Gasteiger partial charge on any atom is -0.393 e. The van der Waals surface area contributed by atoms with Crippen LogP contribution < -0.4 is 11.1 Å². The van der Waals surface area contributed by atoms with E-state index in [2.05, 4.69) is 5.32 Å². The van der Waals surface area contributed by atoms with E-state index in [4.69, 9.17) is 22.4 Å². The Morgan fingerprint density at radius 3 is 2.47 bits per heavy atom. The van der Waals surface area contributed by atoms with Crippen LogP contribution in [0.2, 0.25) is 5.02 Å². The van der Waals surface area contributed by atoms with E-state index in [1.54, 1.807) is 24.3 Å². The van der Waals surface area contributed by atoms with Crippen LogP contribution in [0.1, 0.15) is 6.92 Å². The second-order valence-corrected chi connectivity index (χ2v) is 3.92. The van der Waals surface area contributed by atoms with E-state index in [1.807, 2.05) is 0 Å². The molecular weight excluding hydrogens is 216 g/mol. The van der Waals surface area contributed by atoms with Gasteiger partial charge in [0.2, 0.25) is 5.91 Å². The van der Waals surface area contributed by atoms with E-state index >= 15 is 0 Å². The number of amides is 1. The van der Waals surface area contributed by atoms with Crippen LogP contribution in [-0.4, -0.2) is 23.2 Å². The summed E-state index contributed by atoms with van der Waals surface area (Å²) < 4.78 is 0. The van der Waals surface area contributed by atoms with Crippen molar-refractivity contribution in [2.45, 2.75) is 12.5 Å². The molecule has 4 nitrogen and oxygen atoms in total. The van der Waals surface area contributed by atoms with Gasteiger partial charge in [-0.25, -0.2) is 0 Å². The third kappa shape index (κ3) is 2.84. The molecule has 1 atom stereocenters. The monoisotopic (exact) mass is 228 g/mol. The van der Waals surface area contributed by atoms with Crippen LogP contribution in [0.15, 0.2) is 24.3 Å². The van der Waals surface area contributed by atoms with Crippen molar-refractivity contribution in [1.29, 1.82) is 0 Å². The first-order valence-electron chi connectivity index (χ1n) is 4.42. The summed E-state index contributed by atoms with van der Waals surface area (Å²) in [5.74, 6) is -0.611. The summed E-state index contributed by atoms with van der Waals surface area (Å²) in [6, 6.07) is 6.78. The second-order valence-electron chi connectivity index (χ2n) is 3.49. The fourth-order valence-electron chi connectivity index (χ4n) is 1.03. The standard InChI is InChI=1S/C10H13ClN2O2/c1-10(6-14,9(12)15)13-8-4-2-7(11)3-5-8/h2-5,13-14H,6H2,1H3,(H2,12,15). The molecule has 1 aromatic rings. The maximum atomic E-state index is 11.1. The number of carbonyl (C=O) groups is 1. The van der Waals surface area contributed by atoms with Crippen LogP contribution in [0, 0.1) is 0 Å². The molecule has 0 bridgehead atoms. The molecule has 0 aliphatic rings. The van der Waals surface area contributed by atoms with Gasteiger partial charge >= 0.3 is 0 Å². The highest BCUT2D eigenvalue weighted by Gasteiger charge is 2.29. The molecule has 4 N–H and O–H groups in total. The summed E-state index contributed by atoms with van der Waals surface area (Å²) in [7, 11) is 0. The zero-order valence-electron chi connectivity index (χ0n) is 8.33.